The number of urea groups is 1. The van der Waals surface area contributed by atoms with Crippen molar-refractivity contribution in [1.82, 2.24) is 0 Å². The molecule has 6 nitrogen and oxygen atoms in total. The average Bonchev–Trinajstić information content (AvgIpc) is 2.56. The van der Waals surface area contributed by atoms with E-state index in [0.29, 0.717) is 29.0 Å². The number of carbonyl (C=O) groups excluding carboxylic acids is 2. The second-order valence-corrected chi connectivity index (χ2v) is 4.95. The molecule has 0 spiro atoms. The number of amides is 2. The SMILES string of the molecule is COC(=O)c1cccc(NC(=O)Nc2ccc(CN)cc2)c1C. The minimum atomic E-state index is -0.441. The Kier molecular flexibility index (Phi) is 5.32. The van der Waals surface area contributed by atoms with E-state index in [1.54, 1.807) is 37.3 Å². The molecule has 0 radical (unpaired) electrons. The van der Waals surface area contributed by atoms with Gasteiger partial charge in [-0.2, -0.15) is 0 Å². The monoisotopic (exact) mass is 313 g/mol. The van der Waals surface area contributed by atoms with E-state index in [-0.39, 0.29) is 0 Å². The third kappa shape index (κ3) is 4.08. The smallest absolute Gasteiger partial charge is 0.338 e. The van der Waals surface area contributed by atoms with Crippen molar-refractivity contribution in [3.05, 3.63) is 59.2 Å². The Morgan fingerprint density at radius 2 is 1.78 bits per heavy atom. The van der Waals surface area contributed by atoms with E-state index in [1.807, 2.05) is 12.1 Å². The highest BCUT2D eigenvalue weighted by Crippen LogP contribution is 2.20. The van der Waals surface area contributed by atoms with Gasteiger partial charge in [-0.1, -0.05) is 18.2 Å². The zero-order valence-corrected chi connectivity index (χ0v) is 13.1. The van der Waals surface area contributed by atoms with Crippen LogP contribution in [-0.4, -0.2) is 19.1 Å². The second-order valence-electron chi connectivity index (χ2n) is 4.95. The molecular formula is C17H19N3O3. The molecule has 2 aromatic carbocycles. The first-order valence-electron chi connectivity index (χ1n) is 7.10. The number of anilines is 2. The Bertz CT molecular complexity index is 712. The first kappa shape index (κ1) is 16.5. The van der Waals surface area contributed by atoms with Crippen LogP contribution in [0.2, 0.25) is 0 Å². The number of rotatable bonds is 4. The molecule has 0 saturated carbocycles. The largest absolute Gasteiger partial charge is 0.465 e. The van der Waals surface area contributed by atoms with Crippen molar-refractivity contribution in [2.24, 2.45) is 5.73 Å². The first-order valence-corrected chi connectivity index (χ1v) is 7.10. The molecule has 4 N–H and O–H groups in total. The zero-order chi connectivity index (χ0) is 16.8. The second kappa shape index (κ2) is 7.42. The molecule has 120 valence electrons. The quantitative estimate of drug-likeness (QED) is 0.757. The van der Waals surface area contributed by atoms with Gasteiger partial charge in [0.25, 0.3) is 0 Å². The van der Waals surface area contributed by atoms with Gasteiger partial charge in [0.2, 0.25) is 0 Å². The molecule has 0 aliphatic heterocycles. The number of ether oxygens (including phenoxy) is 1. The summed E-state index contributed by atoms with van der Waals surface area (Å²) in [5.74, 6) is -0.441. The van der Waals surface area contributed by atoms with Gasteiger partial charge in [-0.25, -0.2) is 9.59 Å². The molecule has 0 heterocycles. The summed E-state index contributed by atoms with van der Waals surface area (Å²) in [6, 6.07) is 11.9. The number of methoxy groups -OCH3 is 1. The fraction of sp³-hybridized carbons (Fsp3) is 0.176. The number of hydrogen-bond donors (Lipinski definition) is 3. The van der Waals surface area contributed by atoms with E-state index in [4.69, 9.17) is 10.5 Å². The third-order valence-corrected chi connectivity index (χ3v) is 3.43. The fourth-order valence-corrected chi connectivity index (χ4v) is 2.11. The molecule has 0 bridgehead atoms. The van der Waals surface area contributed by atoms with Crippen LogP contribution in [0.25, 0.3) is 0 Å². The maximum Gasteiger partial charge on any atom is 0.338 e. The van der Waals surface area contributed by atoms with Crippen LogP contribution in [0.3, 0.4) is 0 Å². The Balaban J connectivity index is 2.09. The Hall–Kier alpha value is -2.86. The maximum absolute atomic E-state index is 12.1. The highest BCUT2D eigenvalue weighted by molar-refractivity contribution is 6.01. The Labute approximate surface area is 134 Å². The lowest BCUT2D eigenvalue weighted by Gasteiger charge is -2.12. The van der Waals surface area contributed by atoms with Crippen LogP contribution in [-0.2, 0) is 11.3 Å². The molecule has 2 rings (SSSR count). The molecule has 2 aromatic rings. The number of hydrogen-bond acceptors (Lipinski definition) is 4. The summed E-state index contributed by atoms with van der Waals surface area (Å²) in [6.45, 7) is 2.20. The van der Waals surface area contributed by atoms with Gasteiger partial charge in [0.15, 0.2) is 0 Å². The highest BCUT2D eigenvalue weighted by atomic mass is 16.5. The van der Waals surface area contributed by atoms with Crippen molar-refractivity contribution in [3.63, 3.8) is 0 Å². The van der Waals surface area contributed by atoms with Crippen molar-refractivity contribution in [2.75, 3.05) is 17.7 Å². The maximum atomic E-state index is 12.1. The summed E-state index contributed by atoms with van der Waals surface area (Å²) in [6.07, 6.45) is 0. The first-order chi connectivity index (χ1) is 11.0. The van der Waals surface area contributed by atoms with E-state index in [0.717, 1.165) is 5.56 Å². The van der Waals surface area contributed by atoms with Crippen LogP contribution < -0.4 is 16.4 Å². The van der Waals surface area contributed by atoms with Gasteiger partial charge >= 0.3 is 12.0 Å². The van der Waals surface area contributed by atoms with Gasteiger partial charge in [0.1, 0.15) is 0 Å². The van der Waals surface area contributed by atoms with E-state index >= 15 is 0 Å². The molecule has 0 aliphatic rings. The Morgan fingerprint density at radius 3 is 2.39 bits per heavy atom. The summed E-state index contributed by atoms with van der Waals surface area (Å²) in [5.41, 5.74) is 8.78. The molecule has 0 aliphatic carbocycles. The molecule has 0 aromatic heterocycles. The minimum absolute atomic E-state index is 0.393. The van der Waals surface area contributed by atoms with Crippen LogP contribution in [0.4, 0.5) is 16.2 Å². The predicted octanol–water partition coefficient (Wildman–Crippen LogP) is 2.88. The van der Waals surface area contributed by atoms with E-state index < -0.39 is 12.0 Å². The molecule has 6 heteroatoms. The van der Waals surface area contributed by atoms with Gasteiger partial charge < -0.3 is 21.1 Å². The zero-order valence-electron chi connectivity index (χ0n) is 13.1. The van der Waals surface area contributed by atoms with Crippen molar-refractivity contribution < 1.29 is 14.3 Å². The number of nitrogens with two attached hydrogens (primary N) is 1. The number of esters is 1. The van der Waals surface area contributed by atoms with E-state index in [2.05, 4.69) is 10.6 Å². The van der Waals surface area contributed by atoms with Gasteiger partial charge in [-0.15, -0.1) is 0 Å². The molecule has 23 heavy (non-hydrogen) atoms. The normalized spacial score (nSPS) is 10.0. The summed E-state index contributed by atoms with van der Waals surface area (Å²) >= 11 is 0. The summed E-state index contributed by atoms with van der Waals surface area (Å²) in [7, 11) is 1.32. The van der Waals surface area contributed by atoms with Crippen LogP contribution >= 0.6 is 0 Å². The van der Waals surface area contributed by atoms with Crippen LogP contribution in [0, 0.1) is 6.92 Å². The topological polar surface area (TPSA) is 93.4 Å². The third-order valence-electron chi connectivity index (χ3n) is 3.43. The van der Waals surface area contributed by atoms with Gasteiger partial charge in [-0.05, 0) is 42.3 Å². The average molecular weight is 313 g/mol. The lowest BCUT2D eigenvalue weighted by atomic mass is 10.1. The number of benzene rings is 2. The number of nitrogens with one attached hydrogen (secondary N) is 2. The van der Waals surface area contributed by atoms with E-state index in [9.17, 15) is 9.59 Å². The molecule has 0 atom stereocenters. The lowest BCUT2D eigenvalue weighted by Crippen LogP contribution is -2.20. The highest BCUT2D eigenvalue weighted by Gasteiger charge is 2.13. The van der Waals surface area contributed by atoms with E-state index in [1.165, 1.54) is 7.11 Å². The molecular weight excluding hydrogens is 294 g/mol. The summed E-state index contributed by atoms with van der Waals surface area (Å²) in [4.78, 5) is 23.7. The number of carbonyl (C=O) groups is 2. The van der Waals surface area contributed by atoms with Crippen molar-refractivity contribution >= 4 is 23.4 Å². The molecule has 0 fully saturated rings. The van der Waals surface area contributed by atoms with Gasteiger partial charge in [-0.3, -0.25) is 0 Å². The predicted molar refractivity (Wildman–Crippen MR) is 89.5 cm³/mol. The lowest BCUT2D eigenvalue weighted by molar-refractivity contribution is 0.0600. The van der Waals surface area contributed by atoms with Gasteiger partial charge in [0, 0.05) is 17.9 Å². The van der Waals surface area contributed by atoms with Crippen molar-refractivity contribution in [3.8, 4) is 0 Å². The Morgan fingerprint density at radius 1 is 1.09 bits per heavy atom. The van der Waals surface area contributed by atoms with Gasteiger partial charge in [0.05, 0.1) is 12.7 Å². The summed E-state index contributed by atoms with van der Waals surface area (Å²) in [5, 5.41) is 5.45. The standard InChI is InChI=1S/C17H19N3O3/c1-11-14(16(21)23-2)4-3-5-15(11)20-17(22)19-13-8-6-12(10-18)7-9-13/h3-9H,10,18H2,1-2H3,(H2,19,20,22). The van der Waals surface area contributed by atoms with Crippen molar-refractivity contribution in [1.29, 1.82) is 0 Å². The molecule has 0 unspecified atom stereocenters. The molecule has 0 saturated heterocycles. The minimum Gasteiger partial charge on any atom is -0.465 e. The summed E-state index contributed by atoms with van der Waals surface area (Å²) < 4.78 is 4.72. The van der Waals surface area contributed by atoms with Crippen LogP contribution in [0.1, 0.15) is 21.5 Å². The fourth-order valence-electron chi connectivity index (χ4n) is 2.11. The molecule has 2 amide bonds. The van der Waals surface area contributed by atoms with Crippen LogP contribution in [0.15, 0.2) is 42.5 Å². The van der Waals surface area contributed by atoms with Crippen LogP contribution in [0.5, 0.6) is 0 Å². The van der Waals surface area contributed by atoms with Crippen molar-refractivity contribution in [2.45, 2.75) is 13.5 Å².